The third-order valence-electron chi connectivity index (χ3n) is 1.87. The molecule has 7 heteroatoms. The van der Waals surface area contributed by atoms with E-state index < -0.39 is 28.5 Å². The van der Waals surface area contributed by atoms with Crippen molar-refractivity contribution in [2.45, 2.75) is 0 Å². The summed E-state index contributed by atoms with van der Waals surface area (Å²) >= 11 is 5.68. The number of hydrogen-bond donors (Lipinski definition) is 2. The van der Waals surface area contributed by atoms with Crippen molar-refractivity contribution in [3.8, 4) is 0 Å². The molecule has 1 aromatic rings. The van der Waals surface area contributed by atoms with E-state index in [1.165, 1.54) is 6.08 Å². The molecule has 0 fully saturated rings. The molecule has 1 rings (SSSR count). The number of carbonyl (C=O) groups is 2. The molecule has 0 saturated carbocycles. The van der Waals surface area contributed by atoms with Gasteiger partial charge in [-0.2, -0.15) is 0 Å². The van der Waals surface area contributed by atoms with Crippen molar-refractivity contribution in [2.75, 3.05) is 11.9 Å². The molecule has 0 heterocycles. The molecule has 0 spiro atoms. The zero-order chi connectivity index (χ0) is 13.7. The van der Waals surface area contributed by atoms with E-state index in [4.69, 9.17) is 16.7 Å². The van der Waals surface area contributed by atoms with Crippen molar-refractivity contribution in [2.24, 2.45) is 0 Å². The Kier molecular flexibility index (Phi) is 4.67. The maximum atomic E-state index is 13.2. The predicted molar refractivity (Wildman–Crippen MR) is 63.5 cm³/mol. The number of halogens is 2. The molecular formula is C11H9ClFNO4. The summed E-state index contributed by atoms with van der Waals surface area (Å²) in [4.78, 5) is 22.0. The highest BCUT2D eigenvalue weighted by atomic mass is 35.5. The average molecular weight is 274 g/mol. The van der Waals surface area contributed by atoms with Gasteiger partial charge in [0.2, 0.25) is 0 Å². The Bertz CT molecular complexity index is 504. The summed E-state index contributed by atoms with van der Waals surface area (Å²) in [6.45, 7) is 3.33. The van der Waals surface area contributed by atoms with Gasteiger partial charge in [0.25, 0.3) is 0 Å². The van der Waals surface area contributed by atoms with Gasteiger partial charge in [-0.3, -0.25) is 5.32 Å². The third-order valence-corrected chi connectivity index (χ3v) is 2.27. The molecule has 0 aliphatic rings. The second kappa shape index (κ2) is 6.02. The van der Waals surface area contributed by atoms with Gasteiger partial charge in [0, 0.05) is 0 Å². The third kappa shape index (κ3) is 3.21. The number of anilines is 1. The first kappa shape index (κ1) is 14.0. The van der Waals surface area contributed by atoms with Crippen LogP contribution in [0.15, 0.2) is 24.8 Å². The smallest absolute Gasteiger partial charge is 0.411 e. The number of amides is 1. The van der Waals surface area contributed by atoms with Gasteiger partial charge in [-0.25, -0.2) is 14.0 Å². The summed E-state index contributed by atoms with van der Waals surface area (Å²) in [6, 6.07) is 2.03. The highest BCUT2D eigenvalue weighted by Crippen LogP contribution is 2.28. The van der Waals surface area contributed by atoms with E-state index in [1.807, 2.05) is 0 Å². The molecule has 1 amide bonds. The van der Waals surface area contributed by atoms with Crippen molar-refractivity contribution in [3.63, 3.8) is 0 Å². The van der Waals surface area contributed by atoms with Crippen molar-refractivity contribution in [1.29, 1.82) is 0 Å². The predicted octanol–water partition coefficient (Wildman–Crippen LogP) is 2.91. The number of carboxylic acids is 1. The standard InChI is InChI=1S/C11H9ClFNO4/c1-2-5-18-11(17)14-7-4-3-6(13)8(9(7)12)10(15)16/h2-4H,1,5H2,(H,14,17)(H,15,16). The van der Waals surface area contributed by atoms with Crippen LogP contribution in [-0.2, 0) is 4.74 Å². The summed E-state index contributed by atoms with van der Waals surface area (Å²) in [7, 11) is 0. The van der Waals surface area contributed by atoms with Gasteiger partial charge in [0.1, 0.15) is 18.0 Å². The van der Waals surface area contributed by atoms with Gasteiger partial charge in [0.15, 0.2) is 0 Å². The van der Waals surface area contributed by atoms with Crippen LogP contribution in [0.3, 0.4) is 0 Å². The van der Waals surface area contributed by atoms with Gasteiger partial charge in [-0.05, 0) is 12.1 Å². The Morgan fingerprint density at radius 3 is 2.78 bits per heavy atom. The first-order chi connectivity index (χ1) is 8.47. The first-order valence-electron chi connectivity index (χ1n) is 4.73. The van der Waals surface area contributed by atoms with Gasteiger partial charge in [-0.15, -0.1) is 0 Å². The molecule has 0 saturated heterocycles. The molecule has 18 heavy (non-hydrogen) atoms. The lowest BCUT2D eigenvalue weighted by Crippen LogP contribution is -2.15. The fourth-order valence-electron chi connectivity index (χ4n) is 1.13. The zero-order valence-electron chi connectivity index (χ0n) is 9.07. The van der Waals surface area contributed by atoms with E-state index in [-0.39, 0.29) is 12.3 Å². The Balaban J connectivity index is 2.97. The fourth-order valence-corrected chi connectivity index (χ4v) is 1.41. The summed E-state index contributed by atoms with van der Waals surface area (Å²) < 4.78 is 17.8. The number of carbonyl (C=O) groups excluding carboxylic acids is 1. The minimum absolute atomic E-state index is 0.0174. The van der Waals surface area contributed by atoms with Crippen molar-refractivity contribution in [1.82, 2.24) is 0 Å². The number of benzene rings is 1. The lowest BCUT2D eigenvalue weighted by molar-refractivity contribution is 0.0692. The molecule has 0 radical (unpaired) electrons. The fraction of sp³-hybridized carbons (Fsp3) is 0.0909. The van der Waals surface area contributed by atoms with E-state index in [1.54, 1.807) is 0 Å². The topological polar surface area (TPSA) is 75.6 Å². The SMILES string of the molecule is C=CCOC(=O)Nc1ccc(F)c(C(=O)O)c1Cl. The molecule has 0 aliphatic carbocycles. The van der Waals surface area contributed by atoms with E-state index in [9.17, 15) is 14.0 Å². The molecular weight excluding hydrogens is 265 g/mol. The molecule has 96 valence electrons. The molecule has 2 N–H and O–H groups in total. The lowest BCUT2D eigenvalue weighted by atomic mass is 10.2. The molecule has 0 atom stereocenters. The highest BCUT2D eigenvalue weighted by Gasteiger charge is 2.19. The number of carboxylic acid groups (broad SMARTS) is 1. The maximum Gasteiger partial charge on any atom is 0.411 e. The van der Waals surface area contributed by atoms with Crippen molar-refractivity contribution in [3.05, 3.63) is 41.2 Å². The molecule has 0 bridgehead atoms. The molecule has 5 nitrogen and oxygen atoms in total. The van der Waals surface area contributed by atoms with Crippen molar-refractivity contribution < 1.29 is 23.8 Å². The van der Waals surface area contributed by atoms with Crippen LogP contribution in [0, 0.1) is 5.82 Å². The minimum Gasteiger partial charge on any atom is -0.478 e. The van der Waals surface area contributed by atoms with E-state index >= 15 is 0 Å². The van der Waals surface area contributed by atoms with Gasteiger partial charge < -0.3 is 9.84 Å². The number of aromatic carboxylic acids is 1. The highest BCUT2D eigenvalue weighted by molar-refractivity contribution is 6.36. The molecule has 0 aromatic heterocycles. The van der Waals surface area contributed by atoms with Gasteiger partial charge in [-0.1, -0.05) is 24.3 Å². The maximum absolute atomic E-state index is 13.2. The minimum atomic E-state index is -1.53. The number of ether oxygens (including phenoxy) is 1. The van der Waals surface area contributed by atoms with Crippen LogP contribution in [-0.4, -0.2) is 23.8 Å². The number of rotatable bonds is 4. The van der Waals surface area contributed by atoms with E-state index in [2.05, 4.69) is 16.6 Å². The summed E-state index contributed by atoms with van der Waals surface area (Å²) in [6.07, 6.45) is 0.508. The van der Waals surface area contributed by atoms with Crippen LogP contribution in [0.5, 0.6) is 0 Å². The van der Waals surface area contributed by atoms with Crippen molar-refractivity contribution >= 4 is 29.4 Å². The number of hydrogen-bond acceptors (Lipinski definition) is 3. The Morgan fingerprint density at radius 2 is 2.22 bits per heavy atom. The molecule has 0 aliphatic heterocycles. The van der Waals surface area contributed by atoms with Crippen LogP contribution in [0.2, 0.25) is 5.02 Å². The van der Waals surface area contributed by atoms with E-state index in [0.717, 1.165) is 12.1 Å². The summed E-state index contributed by atoms with van der Waals surface area (Å²) in [5.41, 5.74) is -0.761. The van der Waals surface area contributed by atoms with Gasteiger partial charge in [0.05, 0.1) is 10.7 Å². The lowest BCUT2D eigenvalue weighted by Gasteiger charge is -2.09. The van der Waals surface area contributed by atoms with E-state index in [0.29, 0.717) is 0 Å². The van der Waals surface area contributed by atoms with Gasteiger partial charge >= 0.3 is 12.1 Å². The number of nitrogens with one attached hydrogen (secondary N) is 1. The van der Waals surface area contributed by atoms with Crippen LogP contribution in [0.25, 0.3) is 0 Å². The summed E-state index contributed by atoms with van der Waals surface area (Å²) in [5, 5.41) is 10.6. The quantitative estimate of drug-likeness (QED) is 0.827. The van der Waals surface area contributed by atoms with Crippen LogP contribution >= 0.6 is 11.6 Å². The van der Waals surface area contributed by atoms with Crippen LogP contribution in [0.4, 0.5) is 14.9 Å². The normalized spacial score (nSPS) is 9.67. The zero-order valence-corrected chi connectivity index (χ0v) is 9.83. The largest absolute Gasteiger partial charge is 0.478 e. The average Bonchev–Trinajstić information content (AvgIpc) is 2.30. The second-order valence-corrected chi connectivity index (χ2v) is 3.48. The molecule has 1 aromatic carbocycles. The monoisotopic (exact) mass is 273 g/mol. The Hall–Kier alpha value is -2.08. The van der Waals surface area contributed by atoms with Crippen LogP contribution in [0.1, 0.15) is 10.4 Å². The first-order valence-corrected chi connectivity index (χ1v) is 5.11. The summed E-state index contributed by atoms with van der Waals surface area (Å²) in [5.74, 6) is -2.52. The Labute approximate surface area is 107 Å². The van der Waals surface area contributed by atoms with Crippen LogP contribution < -0.4 is 5.32 Å². The molecule has 0 unspecified atom stereocenters. The Morgan fingerprint density at radius 1 is 1.56 bits per heavy atom. The second-order valence-electron chi connectivity index (χ2n) is 3.10.